The number of morpholine rings is 1. The maximum absolute atomic E-state index is 5.58. The van der Waals surface area contributed by atoms with Crippen LogP contribution in [0.25, 0.3) is 0 Å². The number of ether oxygens (including phenoxy) is 2. The molecule has 1 aliphatic rings. The van der Waals surface area contributed by atoms with Crippen molar-refractivity contribution in [3.8, 4) is 5.75 Å². The summed E-state index contributed by atoms with van der Waals surface area (Å²) in [5.41, 5.74) is 2.54. The van der Waals surface area contributed by atoms with E-state index in [0.717, 1.165) is 51.1 Å². The van der Waals surface area contributed by atoms with Gasteiger partial charge >= 0.3 is 0 Å². The zero-order valence-electron chi connectivity index (χ0n) is 20.2. The van der Waals surface area contributed by atoms with E-state index < -0.39 is 0 Å². The number of hydrogen-bond acceptors (Lipinski definition) is 5. The molecule has 3 rings (SSSR count). The minimum absolute atomic E-state index is 0. The molecule has 33 heavy (non-hydrogen) atoms. The monoisotopic (exact) mass is 567 g/mol. The number of hydrogen-bond donors (Lipinski definition) is 2. The van der Waals surface area contributed by atoms with Gasteiger partial charge in [0.1, 0.15) is 5.75 Å². The van der Waals surface area contributed by atoms with Gasteiger partial charge in [-0.1, -0.05) is 42.5 Å². The predicted molar refractivity (Wildman–Crippen MR) is 146 cm³/mol. The first-order valence-electron chi connectivity index (χ1n) is 11.2. The van der Waals surface area contributed by atoms with Crippen molar-refractivity contribution < 1.29 is 9.47 Å². The first kappa shape index (κ1) is 27.4. The van der Waals surface area contributed by atoms with Crippen LogP contribution in [-0.2, 0) is 4.74 Å². The molecule has 1 aliphatic heterocycles. The van der Waals surface area contributed by atoms with Crippen LogP contribution in [0.2, 0.25) is 0 Å². The number of aliphatic imine (C=N–C) groups is 1. The Labute approximate surface area is 215 Å². The first-order valence-corrected chi connectivity index (χ1v) is 11.2. The molecule has 1 heterocycles. The summed E-state index contributed by atoms with van der Waals surface area (Å²) in [6, 6.07) is 19.4. The summed E-state index contributed by atoms with van der Waals surface area (Å²) < 4.78 is 10.9. The second-order valence-electron chi connectivity index (χ2n) is 8.16. The average Bonchev–Trinajstić information content (AvgIpc) is 2.84. The Kier molecular flexibility index (Phi) is 11.9. The molecule has 2 atom stereocenters. The second-order valence-corrected chi connectivity index (χ2v) is 8.16. The topological polar surface area (TPSA) is 61.4 Å². The molecule has 0 amide bonds. The molecule has 182 valence electrons. The van der Waals surface area contributed by atoms with Gasteiger partial charge in [-0.2, -0.15) is 0 Å². The lowest BCUT2D eigenvalue weighted by atomic mass is 10.0. The lowest BCUT2D eigenvalue weighted by Gasteiger charge is -2.35. The Morgan fingerprint density at radius 3 is 2.21 bits per heavy atom. The molecule has 0 aliphatic carbocycles. The molecule has 2 unspecified atom stereocenters. The molecule has 2 aromatic rings. The molecule has 0 spiro atoms. The largest absolute Gasteiger partial charge is 0.497 e. The highest BCUT2D eigenvalue weighted by molar-refractivity contribution is 14.0. The van der Waals surface area contributed by atoms with Crippen LogP contribution in [0.1, 0.15) is 23.2 Å². The zero-order chi connectivity index (χ0) is 22.8. The molecule has 0 aromatic heterocycles. The van der Waals surface area contributed by atoms with E-state index in [9.17, 15) is 0 Å². The van der Waals surface area contributed by atoms with E-state index in [0.29, 0.717) is 0 Å². The van der Waals surface area contributed by atoms with Crippen LogP contribution < -0.4 is 15.4 Å². The van der Waals surface area contributed by atoms with Gasteiger partial charge in [-0.05, 0) is 37.4 Å². The molecule has 1 saturated heterocycles. The van der Waals surface area contributed by atoms with E-state index in [1.165, 1.54) is 11.1 Å². The van der Waals surface area contributed by atoms with Crippen molar-refractivity contribution in [2.24, 2.45) is 4.99 Å². The third-order valence-corrected chi connectivity index (χ3v) is 5.94. The van der Waals surface area contributed by atoms with Crippen LogP contribution >= 0.6 is 24.0 Å². The van der Waals surface area contributed by atoms with Crippen molar-refractivity contribution in [1.29, 1.82) is 0 Å². The third-order valence-electron chi connectivity index (χ3n) is 5.94. The Morgan fingerprint density at radius 1 is 1.00 bits per heavy atom. The van der Waals surface area contributed by atoms with Crippen LogP contribution in [-0.4, -0.2) is 83.4 Å². The highest BCUT2D eigenvalue weighted by atomic mass is 127. The quantitative estimate of drug-likeness (QED) is 0.276. The molecule has 0 radical (unpaired) electrons. The van der Waals surface area contributed by atoms with E-state index in [4.69, 9.17) is 9.47 Å². The van der Waals surface area contributed by atoms with Crippen LogP contribution in [0.15, 0.2) is 59.6 Å². The van der Waals surface area contributed by atoms with Crippen LogP contribution in [0, 0.1) is 0 Å². The van der Waals surface area contributed by atoms with Crippen LogP contribution in [0.5, 0.6) is 5.75 Å². The van der Waals surface area contributed by atoms with Gasteiger partial charge in [0.2, 0.25) is 0 Å². The normalized spacial score (nSPS) is 16.6. The average molecular weight is 568 g/mol. The Morgan fingerprint density at radius 2 is 1.64 bits per heavy atom. The van der Waals surface area contributed by atoms with Gasteiger partial charge in [-0.3, -0.25) is 9.89 Å². The van der Waals surface area contributed by atoms with Gasteiger partial charge in [-0.25, -0.2) is 0 Å². The lowest BCUT2D eigenvalue weighted by Crippen LogP contribution is -2.47. The SMILES string of the molecule is CN=C(NCC(c1ccccc1)N(C)C)NCC(c1ccc(OC)cc1)N1CCOCC1.I. The maximum Gasteiger partial charge on any atom is 0.191 e. The number of methoxy groups -OCH3 is 1. The van der Waals surface area contributed by atoms with E-state index >= 15 is 0 Å². The molecule has 8 heteroatoms. The highest BCUT2D eigenvalue weighted by Gasteiger charge is 2.23. The number of halogens is 1. The standard InChI is InChI=1S/C25H37N5O2.HI/c1-26-25(27-18-23(29(2)3)20-8-6-5-7-9-20)28-19-24(30-14-16-32-17-15-30)21-10-12-22(31-4)13-11-21;/h5-13,23-24H,14-19H2,1-4H3,(H2,26,27,28);1H. The number of rotatable bonds is 9. The Hall–Kier alpha value is -1.88. The molecule has 1 fully saturated rings. The number of nitrogens with zero attached hydrogens (tertiary/aromatic N) is 3. The minimum atomic E-state index is 0. The highest BCUT2D eigenvalue weighted by Crippen LogP contribution is 2.24. The van der Waals surface area contributed by atoms with E-state index in [1.807, 2.05) is 19.2 Å². The van der Waals surface area contributed by atoms with E-state index in [2.05, 4.69) is 82.0 Å². The minimum Gasteiger partial charge on any atom is -0.497 e. The maximum atomic E-state index is 5.58. The predicted octanol–water partition coefficient (Wildman–Crippen LogP) is 3.15. The van der Waals surface area contributed by atoms with Gasteiger partial charge in [0.25, 0.3) is 0 Å². The van der Waals surface area contributed by atoms with Gasteiger partial charge in [0.15, 0.2) is 5.96 Å². The van der Waals surface area contributed by atoms with E-state index in [-0.39, 0.29) is 36.1 Å². The van der Waals surface area contributed by atoms with Crippen molar-refractivity contribution in [3.63, 3.8) is 0 Å². The van der Waals surface area contributed by atoms with Crippen LogP contribution in [0.3, 0.4) is 0 Å². The molecule has 2 aromatic carbocycles. The fourth-order valence-electron chi connectivity index (χ4n) is 4.05. The summed E-state index contributed by atoms with van der Waals surface area (Å²) in [5, 5.41) is 7.06. The summed E-state index contributed by atoms with van der Waals surface area (Å²) in [6.45, 7) is 4.89. The molecule has 0 saturated carbocycles. The van der Waals surface area contributed by atoms with Crippen molar-refractivity contribution in [3.05, 3.63) is 65.7 Å². The molecule has 0 bridgehead atoms. The molecular formula is C25H38IN5O2. The Bertz CT molecular complexity index is 826. The zero-order valence-corrected chi connectivity index (χ0v) is 22.5. The fraction of sp³-hybridized carbons (Fsp3) is 0.480. The summed E-state index contributed by atoms with van der Waals surface area (Å²) in [5.74, 6) is 1.68. The molecule has 7 nitrogen and oxygen atoms in total. The van der Waals surface area contributed by atoms with Gasteiger partial charge < -0.3 is 25.0 Å². The van der Waals surface area contributed by atoms with Gasteiger partial charge in [0, 0.05) is 33.2 Å². The fourth-order valence-corrected chi connectivity index (χ4v) is 4.05. The number of likely N-dealkylation sites (N-methyl/N-ethyl adjacent to an activating group) is 1. The lowest BCUT2D eigenvalue weighted by molar-refractivity contribution is 0.0170. The van der Waals surface area contributed by atoms with Crippen LogP contribution in [0.4, 0.5) is 0 Å². The summed E-state index contributed by atoms with van der Waals surface area (Å²) in [6.07, 6.45) is 0. The van der Waals surface area contributed by atoms with Crippen molar-refractivity contribution in [2.45, 2.75) is 12.1 Å². The van der Waals surface area contributed by atoms with Crippen molar-refractivity contribution in [1.82, 2.24) is 20.4 Å². The van der Waals surface area contributed by atoms with Gasteiger partial charge in [-0.15, -0.1) is 24.0 Å². The van der Waals surface area contributed by atoms with Crippen molar-refractivity contribution in [2.75, 3.05) is 67.6 Å². The summed E-state index contributed by atoms with van der Waals surface area (Å²) in [7, 11) is 7.73. The third kappa shape index (κ3) is 8.13. The first-order chi connectivity index (χ1) is 15.6. The number of guanidine groups is 1. The molecule has 2 N–H and O–H groups in total. The smallest absolute Gasteiger partial charge is 0.191 e. The summed E-state index contributed by atoms with van der Waals surface area (Å²) >= 11 is 0. The number of benzene rings is 2. The second kappa shape index (κ2) is 14.4. The van der Waals surface area contributed by atoms with Crippen molar-refractivity contribution >= 4 is 29.9 Å². The molecular weight excluding hydrogens is 529 g/mol. The van der Waals surface area contributed by atoms with Gasteiger partial charge in [0.05, 0.1) is 32.4 Å². The number of nitrogens with one attached hydrogen (secondary N) is 2. The Balaban J connectivity index is 0.00000385. The summed E-state index contributed by atoms with van der Waals surface area (Å²) in [4.78, 5) is 9.16. The van der Waals surface area contributed by atoms with E-state index in [1.54, 1.807) is 7.11 Å².